The molecule has 3 aromatic heterocycles. The minimum Gasteiger partial charge on any atom is -0.302 e. The van der Waals surface area contributed by atoms with Crippen LogP contribution in [-0.2, 0) is 17.8 Å². The van der Waals surface area contributed by atoms with Crippen molar-refractivity contribution in [3.63, 3.8) is 0 Å². The van der Waals surface area contributed by atoms with Gasteiger partial charge < -0.3 is 9.88 Å². The highest BCUT2D eigenvalue weighted by Gasteiger charge is 2.17. The molecule has 33 heavy (non-hydrogen) atoms. The Balaban J connectivity index is 1.41. The van der Waals surface area contributed by atoms with E-state index in [9.17, 15) is 4.79 Å². The Kier molecular flexibility index (Phi) is 8.08. The van der Waals surface area contributed by atoms with E-state index in [2.05, 4.69) is 50.4 Å². The third-order valence-electron chi connectivity index (χ3n) is 4.71. The van der Waals surface area contributed by atoms with Gasteiger partial charge in [-0.15, -0.1) is 32.9 Å². The standard InChI is InChI=1S/C22H21Cl2N5OS3/c1-3-7-29-20(13-8-15(4-2)31-10-13)27-28-22(29)33-12-19(30)26-21-25-18(11-32-21)16-6-5-14(23)9-17(16)24/h5-6,8-11H,3-4,7,12H2,1-2H3,(H,25,26,30). The van der Waals surface area contributed by atoms with E-state index in [1.807, 2.05) is 11.4 Å². The van der Waals surface area contributed by atoms with E-state index in [1.54, 1.807) is 23.5 Å². The molecule has 1 aromatic carbocycles. The summed E-state index contributed by atoms with van der Waals surface area (Å²) in [5, 5.41) is 17.9. The van der Waals surface area contributed by atoms with Gasteiger partial charge in [-0.05, 0) is 37.1 Å². The molecule has 4 aromatic rings. The number of carbonyl (C=O) groups excluding carboxylic acids is 1. The molecule has 0 saturated heterocycles. The van der Waals surface area contributed by atoms with E-state index in [-0.39, 0.29) is 11.7 Å². The maximum atomic E-state index is 12.6. The fourth-order valence-corrected chi connectivity index (χ4v) is 5.97. The summed E-state index contributed by atoms with van der Waals surface area (Å²) in [6.07, 6.45) is 1.95. The van der Waals surface area contributed by atoms with Gasteiger partial charge in [0.05, 0.1) is 16.5 Å². The first-order chi connectivity index (χ1) is 16.0. The van der Waals surface area contributed by atoms with Gasteiger partial charge in [-0.3, -0.25) is 4.79 Å². The zero-order valence-corrected chi connectivity index (χ0v) is 21.9. The molecular weight excluding hydrogens is 517 g/mol. The predicted octanol–water partition coefficient (Wildman–Crippen LogP) is 7.14. The number of rotatable bonds is 9. The Morgan fingerprint density at radius 1 is 1.15 bits per heavy atom. The van der Waals surface area contributed by atoms with Gasteiger partial charge >= 0.3 is 0 Å². The molecule has 0 spiro atoms. The van der Waals surface area contributed by atoms with Crippen LogP contribution in [-0.4, -0.2) is 31.4 Å². The van der Waals surface area contributed by atoms with Crippen molar-refractivity contribution >= 4 is 68.7 Å². The molecule has 0 aliphatic rings. The average molecular weight is 539 g/mol. The number of nitrogens with one attached hydrogen (secondary N) is 1. The zero-order valence-electron chi connectivity index (χ0n) is 18.0. The summed E-state index contributed by atoms with van der Waals surface area (Å²) in [4.78, 5) is 18.4. The van der Waals surface area contributed by atoms with E-state index < -0.39 is 0 Å². The topological polar surface area (TPSA) is 72.7 Å². The molecule has 1 N–H and O–H groups in total. The van der Waals surface area contributed by atoms with Crippen LogP contribution in [0.25, 0.3) is 22.6 Å². The van der Waals surface area contributed by atoms with Crippen molar-refractivity contribution in [3.8, 4) is 22.6 Å². The van der Waals surface area contributed by atoms with Crippen LogP contribution < -0.4 is 5.32 Å². The van der Waals surface area contributed by atoms with Crippen LogP contribution in [0.2, 0.25) is 10.0 Å². The zero-order chi connectivity index (χ0) is 23.4. The average Bonchev–Trinajstić information content (AvgIpc) is 3.52. The SMILES string of the molecule is CCCn1c(SCC(=O)Nc2nc(-c3ccc(Cl)cc3Cl)cs2)nnc1-c1csc(CC)c1. The van der Waals surface area contributed by atoms with E-state index in [4.69, 9.17) is 23.2 Å². The minimum absolute atomic E-state index is 0.153. The van der Waals surface area contributed by atoms with Crippen LogP contribution in [0.4, 0.5) is 5.13 Å². The van der Waals surface area contributed by atoms with Gasteiger partial charge in [0.1, 0.15) is 0 Å². The molecule has 3 heterocycles. The van der Waals surface area contributed by atoms with Crippen LogP contribution >= 0.6 is 57.6 Å². The molecule has 1 amide bonds. The van der Waals surface area contributed by atoms with Crippen LogP contribution in [0.1, 0.15) is 25.1 Å². The number of nitrogens with zero attached hydrogens (tertiary/aromatic N) is 4. The first kappa shape index (κ1) is 24.2. The van der Waals surface area contributed by atoms with Gasteiger partial charge in [0.2, 0.25) is 5.91 Å². The van der Waals surface area contributed by atoms with Crippen LogP contribution in [0.5, 0.6) is 0 Å². The lowest BCUT2D eigenvalue weighted by Crippen LogP contribution is -2.14. The molecule has 0 fully saturated rings. The monoisotopic (exact) mass is 537 g/mol. The van der Waals surface area contributed by atoms with Gasteiger partial charge in [0, 0.05) is 38.3 Å². The maximum absolute atomic E-state index is 12.6. The van der Waals surface area contributed by atoms with Crippen molar-refractivity contribution in [2.75, 3.05) is 11.1 Å². The second-order valence-electron chi connectivity index (χ2n) is 7.11. The number of carbonyl (C=O) groups is 1. The minimum atomic E-state index is -0.153. The highest BCUT2D eigenvalue weighted by molar-refractivity contribution is 7.99. The summed E-state index contributed by atoms with van der Waals surface area (Å²) in [5.41, 5.74) is 2.54. The number of thiazole rings is 1. The molecule has 0 aliphatic heterocycles. The summed E-state index contributed by atoms with van der Waals surface area (Å²) in [6.45, 7) is 5.05. The van der Waals surface area contributed by atoms with Crippen molar-refractivity contribution in [2.45, 2.75) is 38.4 Å². The third-order valence-corrected chi connectivity index (χ3v) is 8.07. The van der Waals surface area contributed by atoms with Crippen LogP contribution in [0.15, 0.2) is 40.2 Å². The molecule has 0 atom stereocenters. The summed E-state index contributed by atoms with van der Waals surface area (Å²) >= 11 is 16.7. The first-order valence-electron chi connectivity index (χ1n) is 10.3. The van der Waals surface area contributed by atoms with Crippen LogP contribution in [0, 0.1) is 0 Å². The molecule has 0 radical (unpaired) electrons. The molecule has 0 aliphatic carbocycles. The molecule has 4 rings (SSSR count). The Morgan fingerprint density at radius 2 is 2.00 bits per heavy atom. The van der Waals surface area contributed by atoms with E-state index in [1.165, 1.54) is 28.0 Å². The van der Waals surface area contributed by atoms with Crippen molar-refractivity contribution < 1.29 is 4.79 Å². The summed E-state index contributed by atoms with van der Waals surface area (Å²) in [5.74, 6) is 0.905. The van der Waals surface area contributed by atoms with Gasteiger partial charge in [-0.25, -0.2) is 4.98 Å². The Labute approximate surface area is 214 Å². The highest BCUT2D eigenvalue weighted by atomic mass is 35.5. The van der Waals surface area contributed by atoms with Crippen molar-refractivity contribution in [3.05, 3.63) is 49.9 Å². The number of amides is 1. The molecule has 0 unspecified atom stereocenters. The van der Waals surface area contributed by atoms with Crippen molar-refractivity contribution in [2.24, 2.45) is 0 Å². The van der Waals surface area contributed by atoms with Gasteiger partial charge in [0.25, 0.3) is 0 Å². The fourth-order valence-electron chi connectivity index (χ4n) is 3.16. The lowest BCUT2D eigenvalue weighted by Gasteiger charge is -2.08. The second-order valence-corrected chi connectivity index (χ2v) is 10.8. The smallest absolute Gasteiger partial charge is 0.236 e. The Bertz CT molecular complexity index is 1270. The van der Waals surface area contributed by atoms with Crippen molar-refractivity contribution in [1.82, 2.24) is 19.7 Å². The molecular formula is C22H21Cl2N5OS3. The molecule has 172 valence electrons. The van der Waals surface area contributed by atoms with E-state index >= 15 is 0 Å². The maximum Gasteiger partial charge on any atom is 0.236 e. The Hall–Kier alpha value is -1.91. The van der Waals surface area contributed by atoms with E-state index in [0.29, 0.717) is 20.9 Å². The van der Waals surface area contributed by atoms with Gasteiger partial charge in [-0.1, -0.05) is 48.8 Å². The molecule has 0 saturated carbocycles. The third kappa shape index (κ3) is 5.78. The highest BCUT2D eigenvalue weighted by Crippen LogP contribution is 2.33. The normalized spacial score (nSPS) is 11.2. The lowest BCUT2D eigenvalue weighted by atomic mass is 10.2. The van der Waals surface area contributed by atoms with Crippen molar-refractivity contribution in [1.29, 1.82) is 0 Å². The number of benzene rings is 1. The first-order valence-corrected chi connectivity index (χ1v) is 13.8. The number of aromatic nitrogens is 4. The molecule has 0 bridgehead atoms. The Morgan fingerprint density at radius 3 is 2.73 bits per heavy atom. The summed E-state index contributed by atoms with van der Waals surface area (Å²) in [7, 11) is 0. The fraction of sp³-hybridized carbons (Fsp3) is 0.273. The quantitative estimate of drug-likeness (QED) is 0.229. The number of thioether (sulfide) groups is 1. The number of aryl methyl sites for hydroxylation is 1. The summed E-state index contributed by atoms with van der Waals surface area (Å²) < 4.78 is 2.09. The number of hydrogen-bond donors (Lipinski definition) is 1. The largest absolute Gasteiger partial charge is 0.302 e. The molecule has 11 heteroatoms. The van der Waals surface area contributed by atoms with Gasteiger partial charge in [-0.2, -0.15) is 0 Å². The van der Waals surface area contributed by atoms with E-state index in [0.717, 1.165) is 41.5 Å². The predicted molar refractivity (Wildman–Crippen MR) is 140 cm³/mol. The second kappa shape index (κ2) is 11.0. The molecule has 6 nitrogen and oxygen atoms in total. The lowest BCUT2D eigenvalue weighted by molar-refractivity contribution is -0.113. The van der Waals surface area contributed by atoms with Gasteiger partial charge in [0.15, 0.2) is 16.1 Å². The number of hydrogen-bond acceptors (Lipinski definition) is 7. The summed E-state index contributed by atoms with van der Waals surface area (Å²) in [6, 6.07) is 7.41. The number of halogens is 2. The number of anilines is 1. The number of thiophene rings is 1. The van der Waals surface area contributed by atoms with Crippen LogP contribution in [0.3, 0.4) is 0 Å².